The summed E-state index contributed by atoms with van der Waals surface area (Å²) in [4.78, 5) is 0. The van der Waals surface area contributed by atoms with E-state index in [-0.39, 0.29) is 0 Å². The summed E-state index contributed by atoms with van der Waals surface area (Å²) >= 11 is 0. The molecule has 0 fully saturated rings. The average Bonchev–Trinajstić information content (AvgIpc) is 1.84. The molecule has 0 aliphatic carbocycles. The van der Waals surface area contributed by atoms with E-state index in [9.17, 15) is 0 Å². The van der Waals surface area contributed by atoms with Crippen molar-refractivity contribution in [3.63, 3.8) is 0 Å². The molecule has 1 heteroatoms. The zero-order chi connectivity index (χ0) is 8.04. The van der Waals surface area contributed by atoms with Crippen LogP contribution in [0.2, 0.25) is 19.1 Å². The van der Waals surface area contributed by atoms with Gasteiger partial charge in [0.2, 0.25) is 0 Å². The largest absolute Gasteiger partial charge is 0.0989 e. The highest BCUT2D eigenvalue weighted by Gasteiger charge is 2.14. The summed E-state index contributed by atoms with van der Waals surface area (Å²) in [5.41, 5.74) is 2.43. The van der Waals surface area contributed by atoms with Crippen molar-refractivity contribution in [3.8, 4) is 0 Å². The highest BCUT2D eigenvalue weighted by atomic mass is 28.3. The molecule has 0 heterocycles. The maximum absolute atomic E-state index is 2.43. The van der Waals surface area contributed by atoms with Crippen LogP contribution in [0.1, 0.15) is 26.7 Å². The molecule has 0 saturated carbocycles. The van der Waals surface area contributed by atoms with Crippen molar-refractivity contribution in [1.82, 2.24) is 0 Å². The molecule has 0 aromatic heterocycles. The summed E-state index contributed by atoms with van der Waals surface area (Å²) in [7, 11) is -0.905. The first-order valence-electron chi connectivity index (χ1n) is 4.26. The smallest absolute Gasteiger partial charge is 0.0713 e. The summed E-state index contributed by atoms with van der Waals surface area (Å²) in [6, 6.07) is 1.45. The van der Waals surface area contributed by atoms with Crippen molar-refractivity contribution in [2.75, 3.05) is 0 Å². The van der Waals surface area contributed by atoms with E-state index in [2.05, 4.69) is 38.7 Å². The van der Waals surface area contributed by atoms with E-state index < -0.39 is 8.07 Å². The van der Waals surface area contributed by atoms with Crippen LogP contribution in [0.25, 0.3) is 0 Å². The van der Waals surface area contributed by atoms with Crippen molar-refractivity contribution >= 4 is 8.07 Å². The van der Waals surface area contributed by atoms with E-state index in [1.165, 1.54) is 18.9 Å². The van der Waals surface area contributed by atoms with Gasteiger partial charge in [-0.05, 0) is 6.92 Å². The Morgan fingerprint density at radius 3 is 2.30 bits per heavy atom. The number of unbranched alkanes of at least 4 members (excludes halogenated alkanes) is 1. The first-order valence-corrected chi connectivity index (χ1v) is 7.54. The van der Waals surface area contributed by atoms with Gasteiger partial charge in [0.15, 0.2) is 0 Å². The summed E-state index contributed by atoms with van der Waals surface area (Å²) in [6.07, 6.45) is 4.96. The fraction of sp³-hybridized carbons (Fsp3) is 0.778. The zero-order valence-corrected chi connectivity index (χ0v) is 8.78. The second-order valence-corrected chi connectivity index (χ2v) is 8.40. The first kappa shape index (κ1) is 9.96. The van der Waals surface area contributed by atoms with Gasteiger partial charge in [-0.25, -0.2) is 0 Å². The van der Waals surface area contributed by atoms with Crippen LogP contribution in [-0.2, 0) is 0 Å². The van der Waals surface area contributed by atoms with Crippen LogP contribution in [0.5, 0.6) is 0 Å². The highest BCUT2D eigenvalue weighted by molar-refractivity contribution is 6.82. The van der Waals surface area contributed by atoms with Gasteiger partial charge < -0.3 is 0 Å². The lowest BCUT2D eigenvalue weighted by Crippen LogP contribution is -2.21. The fourth-order valence-electron chi connectivity index (χ4n) is 1.17. The third kappa shape index (κ3) is 4.80. The molecule has 0 unspecified atom stereocenters. The van der Waals surface area contributed by atoms with Gasteiger partial charge in [0, 0.05) is 0 Å². The lowest BCUT2D eigenvalue weighted by atomic mass is 10.4. The first-order chi connectivity index (χ1) is 4.62. The van der Waals surface area contributed by atoms with Gasteiger partial charge in [0.1, 0.15) is 0 Å². The Balaban J connectivity index is 3.63. The topological polar surface area (TPSA) is 0 Å². The van der Waals surface area contributed by atoms with Gasteiger partial charge in [-0.1, -0.05) is 50.7 Å². The molecule has 0 bridgehead atoms. The summed E-state index contributed by atoms with van der Waals surface area (Å²) < 4.78 is 0. The second-order valence-electron chi connectivity index (χ2n) is 3.59. The molecule has 0 amide bonds. The number of hydrogen-bond donors (Lipinski definition) is 0. The molecule has 0 atom stereocenters. The van der Waals surface area contributed by atoms with Crippen molar-refractivity contribution in [1.29, 1.82) is 0 Å². The van der Waals surface area contributed by atoms with Crippen molar-refractivity contribution in [3.05, 3.63) is 11.8 Å². The van der Waals surface area contributed by atoms with Crippen LogP contribution in [-0.4, -0.2) is 8.07 Å². The number of hydrogen-bond acceptors (Lipinski definition) is 0. The van der Waals surface area contributed by atoms with Gasteiger partial charge in [0.25, 0.3) is 0 Å². The standard InChI is InChI=1S/C9H20Si/c1-5-7-9-10(3,4)8-6-2/h6,8H,5,7,9H2,1-4H3/b8-6-. The van der Waals surface area contributed by atoms with Crippen molar-refractivity contribution < 1.29 is 0 Å². The predicted molar refractivity (Wildman–Crippen MR) is 52.0 cm³/mol. The third-order valence-corrected chi connectivity index (χ3v) is 4.67. The maximum Gasteiger partial charge on any atom is 0.0713 e. The minimum Gasteiger partial charge on any atom is -0.0989 e. The molecule has 0 saturated heterocycles. The molecule has 0 nitrogen and oxygen atoms in total. The number of allylic oxidation sites excluding steroid dienone is 1. The van der Waals surface area contributed by atoms with Crippen molar-refractivity contribution in [2.24, 2.45) is 0 Å². The minimum absolute atomic E-state index is 0.905. The lowest BCUT2D eigenvalue weighted by molar-refractivity contribution is 0.870. The van der Waals surface area contributed by atoms with Gasteiger partial charge in [0.05, 0.1) is 8.07 Å². The molecule has 0 aliphatic rings. The van der Waals surface area contributed by atoms with Crippen LogP contribution in [0.15, 0.2) is 11.8 Å². The molecular weight excluding hydrogens is 136 g/mol. The molecule has 0 aliphatic heterocycles. The summed E-state index contributed by atoms with van der Waals surface area (Å²) in [5.74, 6) is 0. The predicted octanol–water partition coefficient (Wildman–Crippen LogP) is 3.61. The lowest BCUT2D eigenvalue weighted by Gasteiger charge is -2.16. The van der Waals surface area contributed by atoms with Crippen LogP contribution in [0.3, 0.4) is 0 Å². The molecule has 0 radical (unpaired) electrons. The average molecular weight is 156 g/mol. The van der Waals surface area contributed by atoms with Crippen LogP contribution < -0.4 is 0 Å². The van der Waals surface area contributed by atoms with Gasteiger partial charge >= 0.3 is 0 Å². The van der Waals surface area contributed by atoms with Gasteiger partial charge in [-0.15, -0.1) is 0 Å². The van der Waals surface area contributed by atoms with Crippen molar-refractivity contribution in [2.45, 2.75) is 45.8 Å². The Bertz CT molecular complexity index is 103. The molecule has 0 aromatic carbocycles. The second kappa shape index (κ2) is 4.72. The van der Waals surface area contributed by atoms with E-state index in [4.69, 9.17) is 0 Å². The molecule has 60 valence electrons. The van der Waals surface area contributed by atoms with Crippen LogP contribution >= 0.6 is 0 Å². The Morgan fingerprint density at radius 1 is 1.30 bits per heavy atom. The molecule has 10 heavy (non-hydrogen) atoms. The van der Waals surface area contributed by atoms with Crippen LogP contribution in [0.4, 0.5) is 0 Å². The van der Waals surface area contributed by atoms with E-state index in [0.29, 0.717) is 0 Å². The zero-order valence-electron chi connectivity index (χ0n) is 7.78. The summed E-state index contributed by atoms with van der Waals surface area (Å²) in [6.45, 7) is 9.26. The Labute approximate surface area is 66.4 Å². The normalized spacial score (nSPS) is 12.8. The van der Waals surface area contributed by atoms with Crippen LogP contribution in [0, 0.1) is 0 Å². The van der Waals surface area contributed by atoms with Gasteiger partial charge in [-0.3, -0.25) is 0 Å². The molecule has 0 aromatic rings. The van der Waals surface area contributed by atoms with Gasteiger partial charge in [-0.2, -0.15) is 0 Å². The van der Waals surface area contributed by atoms with E-state index >= 15 is 0 Å². The molecule has 0 rings (SSSR count). The summed E-state index contributed by atoms with van der Waals surface area (Å²) in [5, 5.41) is 0. The van der Waals surface area contributed by atoms with E-state index in [1.807, 2.05) is 0 Å². The number of rotatable bonds is 4. The minimum atomic E-state index is -0.905. The molecule has 0 N–H and O–H groups in total. The highest BCUT2D eigenvalue weighted by Crippen LogP contribution is 2.14. The molecular formula is C9H20Si. The van der Waals surface area contributed by atoms with E-state index in [1.54, 1.807) is 0 Å². The Kier molecular flexibility index (Phi) is 4.70. The maximum atomic E-state index is 2.43. The fourth-order valence-corrected chi connectivity index (χ4v) is 3.50. The third-order valence-electron chi connectivity index (χ3n) is 1.79. The Morgan fingerprint density at radius 2 is 1.90 bits per heavy atom. The SMILES string of the molecule is C/C=C\[Si](C)(C)CCCC. The van der Waals surface area contributed by atoms with E-state index in [0.717, 1.165) is 0 Å². The monoisotopic (exact) mass is 156 g/mol. The molecule has 0 spiro atoms. The Hall–Kier alpha value is -0.0431. The quantitative estimate of drug-likeness (QED) is 0.545.